The predicted octanol–water partition coefficient (Wildman–Crippen LogP) is 3.23. The Morgan fingerprint density at radius 3 is 2.55 bits per heavy atom. The number of fused-ring (bicyclic) bond motifs is 1. The average molecular weight is 446 g/mol. The third kappa shape index (κ3) is 3.71. The number of aromatic nitrogens is 1. The van der Waals surface area contributed by atoms with Gasteiger partial charge in [0.15, 0.2) is 0 Å². The van der Waals surface area contributed by atoms with Crippen molar-refractivity contribution in [3.63, 3.8) is 0 Å². The van der Waals surface area contributed by atoms with Gasteiger partial charge >= 0.3 is 0 Å². The summed E-state index contributed by atoms with van der Waals surface area (Å²) in [5.74, 6) is 0.250. The smallest absolute Gasteiger partial charge is 0.263 e. The number of carbonyl (C=O) groups excluding carboxylic acids is 1. The van der Waals surface area contributed by atoms with Gasteiger partial charge in [0.05, 0.1) is 9.80 Å². The quantitative estimate of drug-likeness (QED) is 0.487. The maximum absolute atomic E-state index is 12.3. The molecule has 1 N–H and O–H groups in total. The molecule has 1 amide bonds. The molecule has 3 aromatic rings. The lowest BCUT2D eigenvalue weighted by atomic mass is 10.1. The van der Waals surface area contributed by atoms with Crippen molar-refractivity contribution in [1.82, 2.24) is 14.6 Å². The number of nitrogens with one attached hydrogen (secondary N) is 1. The Morgan fingerprint density at radius 1 is 1.21 bits per heavy atom. The number of rotatable bonds is 4. The average Bonchev–Trinajstić information content (AvgIpc) is 3.23. The minimum Gasteiger partial charge on any atom is -0.456 e. The molecule has 1 saturated heterocycles. The fourth-order valence-corrected chi connectivity index (χ4v) is 4.75. The number of furan rings is 1. The molecule has 0 radical (unpaired) electrons. The number of amides is 1. The summed E-state index contributed by atoms with van der Waals surface area (Å²) in [5.41, 5.74) is 2.09. The molecule has 148 valence electrons. The zero-order chi connectivity index (χ0) is 20.8. The van der Waals surface area contributed by atoms with Crippen LogP contribution in [0.5, 0.6) is 0 Å². The fourth-order valence-electron chi connectivity index (χ4n) is 2.83. The van der Waals surface area contributed by atoms with E-state index in [1.165, 1.54) is 30.2 Å². The van der Waals surface area contributed by atoms with E-state index < -0.39 is 10.0 Å². The van der Waals surface area contributed by atoms with E-state index in [1.54, 1.807) is 48.8 Å². The van der Waals surface area contributed by atoms with Crippen molar-refractivity contribution in [2.24, 2.45) is 0 Å². The summed E-state index contributed by atoms with van der Waals surface area (Å²) in [5, 5.41) is 3.33. The number of carbonyl (C=O) groups is 1. The number of hydrogen-bond donors (Lipinski definition) is 1. The topological polar surface area (TPSA) is 92.5 Å². The lowest BCUT2D eigenvalue weighted by Gasteiger charge is -2.11. The van der Waals surface area contributed by atoms with E-state index in [2.05, 4.69) is 10.3 Å². The summed E-state index contributed by atoms with van der Waals surface area (Å²) in [6.07, 6.45) is 4.96. The summed E-state index contributed by atoms with van der Waals surface area (Å²) < 4.78 is 32.0. The first kappa shape index (κ1) is 19.8. The molecule has 3 heterocycles. The fraction of sp³-hybridized carbons (Fsp3) is 0.105. The first-order chi connectivity index (χ1) is 13.8. The largest absolute Gasteiger partial charge is 0.456 e. The van der Waals surface area contributed by atoms with Crippen molar-refractivity contribution in [3.8, 4) is 11.1 Å². The maximum atomic E-state index is 12.3. The van der Waals surface area contributed by atoms with Crippen molar-refractivity contribution in [2.75, 3.05) is 14.1 Å². The van der Waals surface area contributed by atoms with Gasteiger partial charge in [0, 0.05) is 43.5 Å². The van der Waals surface area contributed by atoms with Gasteiger partial charge in [-0.1, -0.05) is 36.1 Å². The number of sulfonamides is 1. The molecule has 0 bridgehead atoms. The van der Waals surface area contributed by atoms with E-state index in [4.69, 9.17) is 16.6 Å². The highest BCUT2D eigenvalue weighted by molar-refractivity contribution is 8.26. The molecule has 1 aliphatic rings. The molecule has 0 aliphatic carbocycles. The van der Waals surface area contributed by atoms with Crippen LogP contribution in [-0.2, 0) is 14.8 Å². The van der Waals surface area contributed by atoms with Crippen LogP contribution in [0.1, 0.15) is 5.76 Å². The third-order valence-corrected chi connectivity index (χ3v) is 7.29. The molecule has 4 rings (SSSR count). The van der Waals surface area contributed by atoms with E-state index >= 15 is 0 Å². The molecule has 0 unspecified atom stereocenters. The number of thiocarbonyl (C=S) groups is 1. The molecular weight excluding hydrogens is 430 g/mol. The maximum Gasteiger partial charge on any atom is 0.263 e. The molecule has 0 spiro atoms. The van der Waals surface area contributed by atoms with Crippen LogP contribution in [0.25, 0.3) is 28.2 Å². The van der Waals surface area contributed by atoms with Gasteiger partial charge in [-0.05, 0) is 23.8 Å². The normalized spacial score (nSPS) is 16.2. The highest BCUT2D eigenvalue weighted by Crippen LogP contribution is 2.33. The van der Waals surface area contributed by atoms with E-state index in [-0.39, 0.29) is 10.8 Å². The number of hydrogen-bond acceptors (Lipinski definition) is 7. The predicted molar refractivity (Wildman–Crippen MR) is 117 cm³/mol. The van der Waals surface area contributed by atoms with E-state index in [0.29, 0.717) is 20.6 Å². The van der Waals surface area contributed by atoms with Crippen LogP contribution < -0.4 is 5.32 Å². The number of benzene rings is 1. The van der Waals surface area contributed by atoms with E-state index in [9.17, 15) is 13.2 Å². The Bertz CT molecular complexity index is 1280. The Labute approximate surface area is 176 Å². The second kappa shape index (κ2) is 7.38. The van der Waals surface area contributed by atoms with Crippen molar-refractivity contribution < 1.29 is 17.6 Å². The van der Waals surface area contributed by atoms with Gasteiger partial charge in [0.2, 0.25) is 10.0 Å². The zero-order valence-electron chi connectivity index (χ0n) is 15.4. The zero-order valence-corrected chi connectivity index (χ0v) is 17.8. The van der Waals surface area contributed by atoms with Gasteiger partial charge in [0.25, 0.3) is 5.91 Å². The Balaban J connectivity index is 1.74. The van der Waals surface area contributed by atoms with Crippen LogP contribution in [-0.4, -0.2) is 42.0 Å². The Hall–Kier alpha value is -2.53. The molecule has 2 aromatic heterocycles. The van der Waals surface area contributed by atoms with Crippen LogP contribution in [0.2, 0.25) is 0 Å². The van der Waals surface area contributed by atoms with E-state index in [0.717, 1.165) is 16.5 Å². The first-order valence-electron chi connectivity index (χ1n) is 8.41. The summed E-state index contributed by atoms with van der Waals surface area (Å²) in [4.78, 5) is 16.8. The molecule has 1 aliphatic heterocycles. The molecule has 7 nitrogen and oxygen atoms in total. The van der Waals surface area contributed by atoms with Gasteiger partial charge in [-0.2, -0.15) is 0 Å². The lowest BCUT2D eigenvalue weighted by molar-refractivity contribution is -0.115. The summed E-state index contributed by atoms with van der Waals surface area (Å²) in [7, 11) is -0.525. The van der Waals surface area contributed by atoms with Gasteiger partial charge in [0.1, 0.15) is 15.7 Å². The van der Waals surface area contributed by atoms with Crippen LogP contribution in [0.4, 0.5) is 0 Å². The minimum atomic E-state index is -3.50. The Morgan fingerprint density at radius 2 is 1.93 bits per heavy atom. The molecule has 1 aromatic carbocycles. The summed E-state index contributed by atoms with van der Waals surface area (Å²) in [6, 6.07) is 8.32. The monoisotopic (exact) mass is 445 g/mol. The molecule has 10 heteroatoms. The van der Waals surface area contributed by atoms with Crippen molar-refractivity contribution >= 4 is 61.3 Å². The standard InChI is InChI=1S/C19H15N3O4S3/c1-22(2)29(24,25)14-5-3-11(4-6-14)15-10-20-9-12-7-13(26-17(12)15)8-16-18(23)21-19(27)28-16/h3-10H,1-2H3,(H,21,23,27). The molecule has 1 fully saturated rings. The minimum absolute atomic E-state index is 0.205. The highest BCUT2D eigenvalue weighted by Gasteiger charge is 2.23. The number of nitrogens with zero attached hydrogens (tertiary/aromatic N) is 2. The molecule has 0 saturated carbocycles. The van der Waals surface area contributed by atoms with Crippen LogP contribution >= 0.6 is 24.0 Å². The first-order valence-corrected chi connectivity index (χ1v) is 11.1. The Kier molecular flexibility index (Phi) is 5.03. The van der Waals surface area contributed by atoms with Crippen LogP contribution in [0, 0.1) is 0 Å². The SMILES string of the molecule is CN(C)S(=O)(=O)c1ccc(-c2cncc3cc(C=C4SC(=S)NC4=O)oc23)cc1. The van der Waals surface area contributed by atoms with Gasteiger partial charge in [-0.15, -0.1) is 0 Å². The van der Waals surface area contributed by atoms with Gasteiger partial charge < -0.3 is 9.73 Å². The second-order valence-electron chi connectivity index (χ2n) is 6.42. The van der Waals surface area contributed by atoms with Gasteiger partial charge in [-0.3, -0.25) is 9.78 Å². The van der Waals surface area contributed by atoms with Crippen molar-refractivity contribution in [3.05, 3.63) is 53.4 Å². The lowest BCUT2D eigenvalue weighted by Crippen LogP contribution is -2.22. The second-order valence-corrected chi connectivity index (χ2v) is 10.3. The van der Waals surface area contributed by atoms with Crippen LogP contribution in [0.3, 0.4) is 0 Å². The molecular formula is C19H15N3O4S3. The van der Waals surface area contributed by atoms with Crippen molar-refractivity contribution in [1.29, 1.82) is 0 Å². The third-order valence-electron chi connectivity index (χ3n) is 4.30. The number of thioether (sulfide) groups is 1. The summed E-state index contributed by atoms with van der Waals surface area (Å²) in [6.45, 7) is 0. The highest BCUT2D eigenvalue weighted by atomic mass is 32.2. The van der Waals surface area contributed by atoms with E-state index in [1.807, 2.05) is 0 Å². The molecule has 0 atom stereocenters. The van der Waals surface area contributed by atoms with Gasteiger partial charge in [-0.25, -0.2) is 12.7 Å². The summed E-state index contributed by atoms with van der Waals surface area (Å²) >= 11 is 6.18. The molecule has 29 heavy (non-hydrogen) atoms. The number of pyridine rings is 1. The van der Waals surface area contributed by atoms with Crippen molar-refractivity contribution in [2.45, 2.75) is 4.90 Å². The van der Waals surface area contributed by atoms with Crippen LogP contribution in [0.15, 0.2) is 56.9 Å².